The maximum Gasteiger partial charge on any atom is 0.191 e. The van der Waals surface area contributed by atoms with Crippen molar-refractivity contribution in [3.8, 4) is 5.69 Å². The van der Waals surface area contributed by atoms with Crippen molar-refractivity contribution >= 4 is 29.9 Å². The molecular formula is C23H30FIN6O. The molecule has 0 spiro atoms. The molecule has 1 aliphatic rings. The maximum atomic E-state index is 14.5. The van der Waals surface area contributed by atoms with Crippen LogP contribution in [0.15, 0.2) is 64.7 Å². The number of guanidine groups is 1. The summed E-state index contributed by atoms with van der Waals surface area (Å²) < 4.78 is 21.9. The molecule has 1 saturated heterocycles. The fraction of sp³-hybridized carbons (Fsp3) is 0.391. The predicted molar refractivity (Wildman–Crippen MR) is 134 cm³/mol. The number of aromatic nitrogens is 2. The number of rotatable bonds is 8. The van der Waals surface area contributed by atoms with E-state index in [-0.39, 0.29) is 35.8 Å². The number of hydrogen-bond donors (Lipinski definition) is 2. The predicted octanol–water partition coefficient (Wildman–Crippen LogP) is 4.11. The summed E-state index contributed by atoms with van der Waals surface area (Å²) in [6, 6.07) is 9.29. The Morgan fingerprint density at radius 2 is 2.09 bits per heavy atom. The molecule has 3 heterocycles. The van der Waals surface area contributed by atoms with Crippen molar-refractivity contribution < 1.29 is 8.81 Å². The molecule has 0 aliphatic carbocycles. The molecule has 7 nitrogen and oxygen atoms in total. The van der Waals surface area contributed by atoms with E-state index in [1.54, 1.807) is 35.6 Å². The Labute approximate surface area is 205 Å². The van der Waals surface area contributed by atoms with E-state index in [2.05, 4.69) is 25.5 Å². The zero-order valence-corrected chi connectivity index (χ0v) is 20.5. The van der Waals surface area contributed by atoms with Gasteiger partial charge in [-0.1, -0.05) is 6.07 Å². The lowest BCUT2D eigenvalue weighted by molar-refractivity contribution is 0.215. The van der Waals surface area contributed by atoms with E-state index >= 15 is 0 Å². The molecule has 1 aliphatic heterocycles. The van der Waals surface area contributed by atoms with Crippen LogP contribution in [0.25, 0.3) is 5.69 Å². The van der Waals surface area contributed by atoms with Crippen molar-refractivity contribution in [1.82, 2.24) is 25.1 Å². The lowest BCUT2D eigenvalue weighted by Crippen LogP contribution is -2.42. The smallest absolute Gasteiger partial charge is 0.191 e. The van der Waals surface area contributed by atoms with Gasteiger partial charge in [-0.25, -0.2) is 14.4 Å². The van der Waals surface area contributed by atoms with Gasteiger partial charge in [0.15, 0.2) is 5.96 Å². The first-order chi connectivity index (χ1) is 15.2. The highest BCUT2D eigenvalue weighted by atomic mass is 127. The first-order valence-electron chi connectivity index (χ1n) is 10.8. The molecule has 2 N–H and O–H groups in total. The minimum atomic E-state index is -0.296. The standard InChI is InChI=1S/C23H29FN6O.HI/c1-2-26-23(28-16-21(22-6-5-13-31-22)29-10-3-4-11-29)27-15-18-7-8-20(19(24)14-18)30-12-9-25-17-30;/h5-9,12-14,17,21H,2-4,10-11,15-16H2,1H3,(H2,26,27,28);1H. The molecule has 3 aromatic rings. The van der Waals surface area contributed by atoms with E-state index < -0.39 is 0 Å². The van der Waals surface area contributed by atoms with Gasteiger partial charge in [0.05, 0.1) is 30.9 Å². The van der Waals surface area contributed by atoms with Crippen LogP contribution in [0.5, 0.6) is 0 Å². The van der Waals surface area contributed by atoms with E-state index in [1.807, 2.05) is 25.1 Å². The normalized spacial score (nSPS) is 15.4. The number of likely N-dealkylation sites (tertiary alicyclic amines) is 1. The highest BCUT2D eigenvalue weighted by Gasteiger charge is 2.25. The second-order valence-corrected chi connectivity index (χ2v) is 7.61. The van der Waals surface area contributed by atoms with Gasteiger partial charge in [-0.2, -0.15) is 0 Å². The topological polar surface area (TPSA) is 70.6 Å². The molecule has 1 unspecified atom stereocenters. The molecule has 0 saturated carbocycles. The van der Waals surface area contributed by atoms with E-state index in [1.165, 1.54) is 18.9 Å². The van der Waals surface area contributed by atoms with Crippen molar-refractivity contribution in [2.24, 2.45) is 4.99 Å². The van der Waals surface area contributed by atoms with Gasteiger partial charge in [0, 0.05) is 25.5 Å². The van der Waals surface area contributed by atoms with Gasteiger partial charge in [0.25, 0.3) is 0 Å². The Balaban J connectivity index is 0.00000289. The zero-order valence-electron chi connectivity index (χ0n) is 18.2. The van der Waals surface area contributed by atoms with E-state index in [0.717, 1.165) is 31.0 Å². The third-order valence-corrected chi connectivity index (χ3v) is 5.47. The second-order valence-electron chi connectivity index (χ2n) is 7.61. The number of aliphatic imine (C=N–C) groups is 1. The van der Waals surface area contributed by atoms with E-state index in [4.69, 9.17) is 4.42 Å². The monoisotopic (exact) mass is 552 g/mol. The highest BCUT2D eigenvalue weighted by Crippen LogP contribution is 2.24. The molecule has 9 heteroatoms. The zero-order chi connectivity index (χ0) is 21.5. The number of furan rings is 1. The van der Waals surface area contributed by atoms with Crippen LogP contribution in [0.1, 0.15) is 37.1 Å². The van der Waals surface area contributed by atoms with Crippen LogP contribution < -0.4 is 10.6 Å². The van der Waals surface area contributed by atoms with Crippen LogP contribution in [-0.4, -0.2) is 46.6 Å². The lowest BCUT2D eigenvalue weighted by atomic mass is 10.2. The summed E-state index contributed by atoms with van der Waals surface area (Å²) in [5.74, 6) is 1.37. The summed E-state index contributed by atoms with van der Waals surface area (Å²) in [4.78, 5) is 11.1. The Kier molecular flexibility index (Phi) is 9.10. The fourth-order valence-electron chi connectivity index (χ4n) is 3.91. The van der Waals surface area contributed by atoms with Crippen LogP contribution in [-0.2, 0) is 6.54 Å². The number of nitrogens with one attached hydrogen (secondary N) is 2. The average Bonchev–Trinajstić information content (AvgIpc) is 3.56. The van der Waals surface area contributed by atoms with Gasteiger partial charge in [0.1, 0.15) is 11.6 Å². The van der Waals surface area contributed by atoms with Crippen LogP contribution in [0.2, 0.25) is 0 Å². The van der Waals surface area contributed by atoms with Gasteiger partial charge >= 0.3 is 0 Å². The Hall–Kier alpha value is -2.40. The summed E-state index contributed by atoms with van der Waals surface area (Å²) in [6.07, 6.45) is 9.08. The molecule has 32 heavy (non-hydrogen) atoms. The van der Waals surface area contributed by atoms with Crippen LogP contribution in [0.3, 0.4) is 0 Å². The minimum Gasteiger partial charge on any atom is -0.468 e. The average molecular weight is 552 g/mol. The Morgan fingerprint density at radius 3 is 2.75 bits per heavy atom. The van der Waals surface area contributed by atoms with Crippen molar-refractivity contribution in [3.63, 3.8) is 0 Å². The summed E-state index contributed by atoms with van der Waals surface area (Å²) in [7, 11) is 0. The molecule has 0 radical (unpaired) electrons. The molecule has 1 aromatic carbocycles. The van der Waals surface area contributed by atoms with Crippen LogP contribution in [0.4, 0.5) is 4.39 Å². The third-order valence-electron chi connectivity index (χ3n) is 5.47. The first kappa shape index (κ1) is 24.2. The van der Waals surface area contributed by atoms with Crippen molar-refractivity contribution in [2.75, 3.05) is 26.2 Å². The molecular weight excluding hydrogens is 522 g/mol. The second kappa shape index (κ2) is 12.0. The molecule has 0 amide bonds. The Bertz CT molecular complexity index is 971. The summed E-state index contributed by atoms with van der Waals surface area (Å²) in [6.45, 7) is 5.99. The van der Waals surface area contributed by atoms with Crippen LogP contribution in [0, 0.1) is 5.82 Å². The van der Waals surface area contributed by atoms with E-state index in [0.29, 0.717) is 24.7 Å². The van der Waals surface area contributed by atoms with Crippen molar-refractivity contribution in [2.45, 2.75) is 32.4 Å². The van der Waals surface area contributed by atoms with E-state index in [9.17, 15) is 4.39 Å². The largest absolute Gasteiger partial charge is 0.468 e. The maximum absolute atomic E-state index is 14.5. The highest BCUT2D eigenvalue weighted by molar-refractivity contribution is 14.0. The SMILES string of the molecule is CCNC(=NCc1ccc(-n2ccnc2)c(F)c1)NCC(c1ccco1)N1CCCC1.I. The molecule has 1 atom stereocenters. The fourth-order valence-corrected chi connectivity index (χ4v) is 3.91. The van der Waals surface area contributed by atoms with Crippen molar-refractivity contribution in [3.05, 3.63) is 72.5 Å². The van der Waals surface area contributed by atoms with Gasteiger partial charge in [0.2, 0.25) is 0 Å². The third kappa shape index (κ3) is 6.10. The summed E-state index contributed by atoms with van der Waals surface area (Å²) in [5.41, 5.74) is 1.28. The lowest BCUT2D eigenvalue weighted by Gasteiger charge is -2.26. The first-order valence-corrected chi connectivity index (χ1v) is 10.8. The van der Waals surface area contributed by atoms with Gasteiger partial charge in [-0.15, -0.1) is 24.0 Å². The van der Waals surface area contributed by atoms with Crippen molar-refractivity contribution in [1.29, 1.82) is 0 Å². The number of halogens is 2. The Morgan fingerprint density at radius 1 is 1.25 bits per heavy atom. The van der Waals surface area contributed by atoms with Gasteiger partial charge < -0.3 is 19.6 Å². The number of imidazole rings is 1. The molecule has 1 fully saturated rings. The summed E-state index contributed by atoms with van der Waals surface area (Å²) >= 11 is 0. The number of nitrogens with zero attached hydrogens (tertiary/aromatic N) is 4. The number of hydrogen-bond acceptors (Lipinski definition) is 4. The number of benzene rings is 1. The quantitative estimate of drug-likeness (QED) is 0.250. The van der Waals surface area contributed by atoms with Gasteiger partial charge in [-0.05, 0) is 62.7 Å². The molecule has 2 aromatic heterocycles. The van der Waals surface area contributed by atoms with Crippen LogP contribution >= 0.6 is 24.0 Å². The molecule has 4 rings (SSSR count). The minimum absolute atomic E-state index is 0. The summed E-state index contributed by atoms with van der Waals surface area (Å²) in [5, 5.41) is 6.71. The molecule has 0 bridgehead atoms. The molecule has 172 valence electrons. The van der Waals surface area contributed by atoms with Gasteiger partial charge in [-0.3, -0.25) is 4.90 Å².